The maximum absolute atomic E-state index is 12.2. The molecule has 0 bridgehead atoms. The van der Waals surface area contributed by atoms with Crippen molar-refractivity contribution in [3.8, 4) is 0 Å². The number of urea groups is 1. The number of hydrogen-bond acceptors (Lipinski definition) is 5. The summed E-state index contributed by atoms with van der Waals surface area (Å²) in [5.74, 6) is -5.08. The summed E-state index contributed by atoms with van der Waals surface area (Å²) in [6.07, 6.45) is 0. The number of aliphatic hydroxyl groups is 1. The fraction of sp³-hybridized carbons (Fsp3) is 0.167. The average molecular weight is 344 g/mol. The fourth-order valence-electron chi connectivity index (χ4n) is 2.52. The summed E-state index contributed by atoms with van der Waals surface area (Å²) in [5.41, 5.74) is -2.59. The third kappa shape index (κ3) is 1.88. The number of carbonyl (C=O) groups excluding carboxylic acids is 4. The fourth-order valence-corrected chi connectivity index (χ4v) is 3.06. The first-order valence-corrected chi connectivity index (χ1v) is 6.69. The molecule has 8 nitrogen and oxygen atoms in total. The van der Waals surface area contributed by atoms with Crippen LogP contribution in [0.4, 0.5) is 10.5 Å². The first kappa shape index (κ1) is 14.8. The van der Waals surface area contributed by atoms with Crippen molar-refractivity contribution < 1.29 is 24.3 Å². The molecule has 0 spiro atoms. The normalized spacial score (nSPS) is 24.7. The molecule has 0 radical (unpaired) electrons. The molecule has 0 aromatic heterocycles. The van der Waals surface area contributed by atoms with Gasteiger partial charge in [-0.15, -0.1) is 0 Å². The smallest absolute Gasteiger partial charge is 0.328 e. The number of amides is 5. The molecule has 2 heterocycles. The molecule has 114 valence electrons. The van der Waals surface area contributed by atoms with Crippen molar-refractivity contribution in [1.82, 2.24) is 10.6 Å². The summed E-state index contributed by atoms with van der Waals surface area (Å²) in [4.78, 5) is 47.1. The van der Waals surface area contributed by atoms with E-state index in [4.69, 9.17) is 23.2 Å². The summed E-state index contributed by atoms with van der Waals surface area (Å²) in [6, 6.07) is 1.52. The van der Waals surface area contributed by atoms with Crippen molar-refractivity contribution in [2.24, 2.45) is 5.92 Å². The van der Waals surface area contributed by atoms with Gasteiger partial charge in [0.1, 0.15) is 0 Å². The largest absolute Gasteiger partial charge is 0.374 e. The molecule has 0 saturated carbocycles. The standard InChI is InChI=1S/C12H7Cl2N3O5/c13-3-1-4-7(5(14)2-3)15-10(20)12(4,22)6-8(18)16-11(21)17-9(6)19/h1-2,6,22H,(H,15,20)(H2,16,17,18,19,21)/t12-/m0/s1. The molecule has 4 N–H and O–H groups in total. The monoisotopic (exact) mass is 343 g/mol. The van der Waals surface area contributed by atoms with E-state index in [1.54, 1.807) is 0 Å². The Morgan fingerprint density at radius 3 is 2.18 bits per heavy atom. The van der Waals surface area contributed by atoms with Gasteiger partial charge >= 0.3 is 6.03 Å². The molecule has 2 aliphatic rings. The number of imide groups is 2. The van der Waals surface area contributed by atoms with Crippen LogP contribution in [0.25, 0.3) is 0 Å². The van der Waals surface area contributed by atoms with Gasteiger partial charge in [-0.3, -0.25) is 25.0 Å². The molecule has 1 atom stereocenters. The number of rotatable bonds is 1. The lowest BCUT2D eigenvalue weighted by Crippen LogP contribution is -2.63. The van der Waals surface area contributed by atoms with Gasteiger partial charge in [0.2, 0.25) is 11.8 Å². The second-order valence-electron chi connectivity index (χ2n) is 4.77. The van der Waals surface area contributed by atoms with Gasteiger partial charge < -0.3 is 10.4 Å². The minimum atomic E-state index is -2.53. The van der Waals surface area contributed by atoms with E-state index in [0.717, 1.165) is 0 Å². The van der Waals surface area contributed by atoms with Crippen LogP contribution in [-0.2, 0) is 20.0 Å². The lowest BCUT2D eigenvalue weighted by atomic mass is 9.80. The van der Waals surface area contributed by atoms with E-state index in [2.05, 4.69) is 5.32 Å². The number of barbiturate groups is 1. The van der Waals surface area contributed by atoms with Crippen LogP contribution in [0, 0.1) is 5.92 Å². The molecule has 1 aromatic carbocycles. The lowest BCUT2D eigenvalue weighted by Gasteiger charge is -2.31. The van der Waals surface area contributed by atoms with Crippen molar-refractivity contribution in [2.45, 2.75) is 5.60 Å². The average Bonchev–Trinajstić information content (AvgIpc) is 2.63. The summed E-state index contributed by atoms with van der Waals surface area (Å²) >= 11 is 11.8. The topological polar surface area (TPSA) is 125 Å². The van der Waals surface area contributed by atoms with Gasteiger partial charge in [0.15, 0.2) is 11.5 Å². The Hall–Kier alpha value is -2.16. The molecule has 10 heteroatoms. The van der Waals surface area contributed by atoms with Crippen LogP contribution in [0.3, 0.4) is 0 Å². The summed E-state index contributed by atoms with van der Waals surface area (Å²) in [7, 11) is 0. The van der Waals surface area contributed by atoms with E-state index in [1.807, 2.05) is 10.6 Å². The van der Waals surface area contributed by atoms with Gasteiger partial charge in [-0.1, -0.05) is 23.2 Å². The highest BCUT2D eigenvalue weighted by Crippen LogP contribution is 2.46. The molecule has 5 amide bonds. The molecule has 1 fully saturated rings. The minimum absolute atomic E-state index is 0.0412. The molecule has 3 rings (SSSR count). The number of carbonyl (C=O) groups is 4. The van der Waals surface area contributed by atoms with E-state index in [1.165, 1.54) is 12.1 Å². The Labute approximate surface area is 132 Å². The highest BCUT2D eigenvalue weighted by molar-refractivity contribution is 6.38. The number of fused-ring (bicyclic) bond motifs is 1. The maximum atomic E-state index is 12.2. The highest BCUT2D eigenvalue weighted by Gasteiger charge is 2.59. The first-order valence-electron chi connectivity index (χ1n) is 5.94. The third-order valence-corrected chi connectivity index (χ3v) is 3.98. The molecule has 1 saturated heterocycles. The minimum Gasteiger partial charge on any atom is -0.374 e. The van der Waals surface area contributed by atoms with E-state index in [-0.39, 0.29) is 21.3 Å². The van der Waals surface area contributed by atoms with Crippen LogP contribution in [0.15, 0.2) is 12.1 Å². The van der Waals surface area contributed by atoms with Crippen molar-refractivity contribution in [1.29, 1.82) is 0 Å². The highest BCUT2D eigenvalue weighted by atomic mass is 35.5. The van der Waals surface area contributed by atoms with E-state index in [9.17, 15) is 24.3 Å². The third-order valence-electron chi connectivity index (χ3n) is 3.47. The number of halogens is 2. The molecule has 22 heavy (non-hydrogen) atoms. The summed E-state index contributed by atoms with van der Waals surface area (Å²) < 4.78 is 0. The summed E-state index contributed by atoms with van der Waals surface area (Å²) in [6.45, 7) is 0. The molecular formula is C12H7Cl2N3O5. The summed E-state index contributed by atoms with van der Waals surface area (Å²) in [5, 5.41) is 16.9. The molecule has 0 aliphatic carbocycles. The van der Waals surface area contributed by atoms with Gasteiger partial charge in [-0.25, -0.2) is 4.79 Å². The molecule has 1 aromatic rings. The SMILES string of the molecule is O=C1NC(=O)C([C@]2(O)C(=O)Nc3c(Cl)cc(Cl)cc32)C(=O)N1. The van der Waals surface area contributed by atoms with Gasteiger partial charge in [0.25, 0.3) is 5.91 Å². The zero-order valence-corrected chi connectivity index (χ0v) is 12.1. The number of nitrogens with one attached hydrogen (secondary N) is 3. The first-order chi connectivity index (χ1) is 10.2. The zero-order valence-electron chi connectivity index (χ0n) is 10.6. The predicted octanol–water partition coefficient (Wildman–Crippen LogP) is 0.115. The predicted molar refractivity (Wildman–Crippen MR) is 74.2 cm³/mol. The van der Waals surface area contributed by atoms with Crippen molar-refractivity contribution in [2.75, 3.05) is 5.32 Å². The van der Waals surface area contributed by atoms with Crippen LogP contribution in [0.1, 0.15) is 5.56 Å². The van der Waals surface area contributed by atoms with Crippen molar-refractivity contribution in [3.05, 3.63) is 27.7 Å². The van der Waals surface area contributed by atoms with Crippen LogP contribution >= 0.6 is 23.2 Å². The Morgan fingerprint density at radius 1 is 1.00 bits per heavy atom. The Kier molecular flexibility index (Phi) is 3.13. The molecular weight excluding hydrogens is 337 g/mol. The van der Waals surface area contributed by atoms with E-state index < -0.39 is 35.3 Å². The Bertz CT molecular complexity index is 745. The van der Waals surface area contributed by atoms with Crippen LogP contribution in [-0.4, -0.2) is 28.9 Å². The van der Waals surface area contributed by atoms with E-state index >= 15 is 0 Å². The second-order valence-corrected chi connectivity index (χ2v) is 5.61. The second kappa shape index (κ2) is 4.67. The van der Waals surface area contributed by atoms with Gasteiger partial charge in [-0.05, 0) is 12.1 Å². The lowest BCUT2D eigenvalue weighted by molar-refractivity contribution is -0.157. The van der Waals surface area contributed by atoms with Gasteiger partial charge in [-0.2, -0.15) is 0 Å². The van der Waals surface area contributed by atoms with Crippen LogP contribution in [0.5, 0.6) is 0 Å². The molecule has 0 unspecified atom stereocenters. The number of anilines is 1. The van der Waals surface area contributed by atoms with Crippen LogP contribution in [0.2, 0.25) is 10.0 Å². The Balaban J connectivity index is 2.19. The zero-order chi connectivity index (χ0) is 16.2. The maximum Gasteiger partial charge on any atom is 0.328 e. The van der Waals surface area contributed by atoms with Crippen molar-refractivity contribution >= 4 is 52.6 Å². The molecule has 2 aliphatic heterocycles. The Morgan fingerprint density at radius 2 is 1.59 bits per heavy atom. The van der Waals surface area contributed by atoms with Crippen LogP contribution < -0.4 is 16.0 Å². The van der Waals surface area contributed by atoms with E-state index in [0.29, 0.717) is 0 Å². The quantitative estimate of drug-likeness (QED) is 0.539. The van der Waals surface area contributed by atoms with Gasteiger partial charge in [0, 0.05) is 10.6 Å². The van der Waals surface area contributed by atoms with Crippen molar-refractivity contribution in [3.63, 3.8) is 0 Å². The van der Waals surface area contributed by atoms with Gasteiger partial charge in [0.05, 0.1) is 10.7 Å². The number of hydrogen-bond donors (Lipinski definition) is 4. The number of benzene rings is 1.